The Morgan fingerprint density at radius 2 is 1.95 bits per heavy atom. The highest BCUT2D eigenvalue weighted by Crippen LogP contribution is 2.13. The molecule has 1 fully saturated rings. The molecular weight excluding hydrogens is 236 g/mol. The normalized spacial score (nSPS) is 19.5. The Morgan fingerprint density at radius 3 is 2.37 bits per heavy atom. The second-order valence-electron chi connectivity index (χ2n) is 4.53. The summed E-state index contributed by atoms with van der Waals surface area (Å²) in [6, 6.07) is -0.0734. The van der Waals surface area contributed by atoms with Crippen LogP contribution in [0.15, 0.2) is 36.1 Å². The molecule has 3 nitrogen and oxygen atoms in total. The fourth-order valence-electron chi connectivity index (χ4n) is 1.93. The largest absolute Gasteiger partial charge is 0.324 e. The second-order valence-corrected chi connectivity index (χ2v) is 4.53. The van der Waals surface area contributed by atoms with Gasteiger partial charge in [-0.3, -0.25) is 4.79 Å². The van der Waals surface area contributed by atoms with E-state index in [1.807, 2.05) is 27.7 Å². The van der Waals surface area contributed by atoms with Crippen molar-refractivity contribution >= 4 is 5.91 Å². The molecule has 1 heterocycles. The Hall–Kier alpha value is -1.35. The van der Waals surface area contributed by atoms with E-state index in [4.69, 9.17) is 0 Å². The first-order valence-corrected chi connectivity index (χ1v) is 7.09. The SMILES string of the molecule is C=C/C(C)=C(/NC(=O)[C@H]1CCCCN1)C(=C)C.CC. The molecule has 1 atom stereocenters. The lowest BCUT2D eigenvalue weighted by molar-refractivity contribution is -0.122. The van der Waals surface area contributed by atoms with Gasteiger partial charge in [0.05, 0.1) is 6.04 Å². The fraction of sp³-hybridized carbons (Fsp3) is 0.562. The standard InChI is InChI=1S/C14H22N2O.C2H6/c1-5-11(4)13(10(2)3)16-14(17)12-8-6-7-9-15-12;1-2/h5,12,15H,1-2,6-9H2,3-4H3,(H,16,17);1-2H3/b13-11+;/t12-;/m1./s1. The van der Waals surface area contributed by atoms with Gasteiger partial charge in [-0.1, -0.05) is 39.5 Å². The lowest BCUT2D eigenvalue weighted by Gasteiger charge is -2.23. The van der Waals surface area contributed by atoms with Gasteiger partial charge in [0.1, 0.15) is 0 Å². The summed E-state index contributed by atoms with van der Waals surface area (Å²) in [4.78, 5) is 12.1. The predicted octanol–water partition coefficient (Wildman–Crippen LogP) is 3.31. The summed E-state index contributed by atoms with van der Waals surface area (Å²) in [7, 11) is 0. The van der Waals surface area contributed by atoms with E-state index >= 15 is 0 Å². The molecule has 0 aromatic carbocycles. The molecule has 0 saturated carbocycles. The molecule has 0 spiro atoms. The van der Waals surface area contributed by atoms with Crippen LogP contribution in [-0.2, 0) is 4.79 Å². The Kier molecular flexibility index (Phi) is 8.88. The van der Waals surface area contributed by atoms with Crippen molar-refractivity contribution < 1.29 is 4.79 Å². The highest BCUT2D eigenvalue weighted by molar-refractivity contribution is 5.84. The van der Waals surface area contributed by atoms with Gasteiger partial charge in [0, 0.05) is 5.70 Å². The molecule has 108 valence electrons. The molecule has 2 N–H and O–H groups in total. The third-order valence-corrected chi connectivity index (χ3v) is 3.00. The summed E-state index contributed by atoms with van der Waals surface area (Å²) >= 11 is 0. The van der Waals surface area contributed by atoms with Crippen LogP contribution in [0.5, 0.6) is 0 Å². The highest BCUT2D eigenvalue weighted by atomic mass is 16.2. The van der Waals surface area contributed by atoms with E-state index in [0.29, 0.717) is 0 Å². The van der Waals surface area contributed by atoms with Crippen molar-refractivity contribution in [3.05, 3.63) is 36.1 Å². The minimum atomic E-state index is -0.0734. The van der Waals surface area contributed by atoms with E-state index in [1.165, 1.54) is 0 Å². The number of hydrogen-bond acceptors (Lipinski definition) is 2. The van der Waals surface area contributed by atoms with E-state index in [9.17, 15) is 4.79 Å². The molecule has 0 radical (unpaired) electrons. The average Bonchev–Trinajstić information content (AvgIpc) is 2.46. The molecule has 19 heavy (non-hydrogen) atoms. The van der Waals surface area contributed by atoms with Gasteiger partial charge >= 0.3 is 0 Å². The molecular formula is C16H28N2O. The van der Waals surface area contributed by atoms with Crippen LogP contribution < -0.4 is 10.6 Å². The summed E-state index contributed by atoms with van der Waals surface area (Å²) < 4.78 is 0. The van der Waals surface area contributed by atoms with E-state index in [1.54, 1.807) is 6.08 Å². The van der Waals surface area contributed by atoms with Crippen LogP contribution in [0.2, 0.25) is 0 Å². The van der Waals surface area contributed by atoms with Crippen LogP contribution in [0, 0.1) is 0 Å². The monoisotopic (exact) mass is 264 g/mol. The van der Waals surface area contributed by atoms with Crippen LogP contribution in [0.25, 0.3) is 0 Å². The molecule has 1 saturated heterocycles. The Labute approximate surface area is 117 Å². The zero-order chi connectivity index (χ0) is 14.8. The maximum atomic E-state index is 12.1. The molecule has 1 rings (SSSR count). The maximum absolute atomic E-state index is 12.1. The zero-order valence-electron chi connectivity index (χ0n) is 12.8. The van der Waals surface area contributed by atoms with Crippen LogP contribution in [0.4, 0.5) is 0 Å². The number of carbonyl (C=O) groups is 1. The third-order valence-electron chi connectivity index (χ3n) is 3.00. The predicted molar refractivity (Wildman–Crippen MR) is 82.8 cm³/mol. The van der Waals surface area contributed by atoms with Gasteiger partial charge in [-0.05, 0) is 44.4 Å². The quantitative estimate of drug-likeness (QED) is 0.765. The smallest absolute Gasteiger partial charge is 0.241 e. The lowest BCUT2D eigenvalue weighted by Crippen LogP contribution is -2.46. The van der Waals surface area contributed by atoms with Gasteiger partial charge in [-0.2, -0.15) is 0 Å². The third kappa shape index (κ3) is 5.88. The summed E-state index contributed by atoms with van der Waals surface area (Å²) in [6.45, 7) is 16.3. The number of nitrogens with one attached hydrogen (secondary N) is 2. The fourth-order valence-corrected chi connectivity index (χ4v) is 1.93. The van der Waals surface area contributed by atoms with Crippen molar-refractivity contribution in [2.75, 3.05) is 6.54 Å². The number of hydrogen-bond donors (Lipinski definition) is 2. The second kappa shape index (κ2) is 9.56. The van der Waals surface area contributed by atoms with Gasteiger partial charge in [0.25, 0.3) is 0 Å². The van der Waals surface area contributed by atoms with Gasteiger partial charge < -0.3 is 10.6 Å². The zero-order valence-corrected chi connectivity index (χ0v) is 12.8. The van der Waals surface area contributed by atoms with Crippen LogP contribution in [0.3, 0.4) is 0 Å². The number of rotatable bonds is 4. The molecule has 0 aromatic rings. The molecule has 0 aromatic heterocycles. The van der Waals surface area contributed by atoms with Crippen molar-refractivity contribution in [3.8, 4) is 0 Å². The van der Waals surface area contributed by atoms with Gasteiger partial charge in [-0.15, -0.1) is 0 Å². The summed E-state index contributed by atoms with van der Waals surface area (Å²) in [5.41, 5.74) is 2.59. The minimum absolute atomic E-state index is 0.0314. The van der Waals surface area contributed by atoms with Crippen molar-refractivity contribution in [3.63, 3.8) is 0 Å². The van der Waals surface area contributed by atoms with Crippen molar-refractivity contribution in [2.45, 2.75) is 53.0 Å². The molecule has 1 aliphatic heterocycles. The van der Waals surface area contributed by atoms with Gasteiger partial charge in [0.2, 0.25) is 5.91 Å². The summed E-state index contributed by atoms with van der Waals surface area (Å²) in [5.74, 6) is 0.0314. The van der Waals surface area contributed by atoms with Gasteiger partial charge in [-0.25, -0.2) is 0 Å². The molecule has 0 bridgehead atoms. The molecule has 3 heteroatoms. The van der Waals surface area contributed by atoms with E-state index in [2.05, 4.69) is 23.8 Å². The number of amides is 1. The average molecular weight is 264 g/mol. The maximum Gasteiger partial charge on any atom is 0.241 e. The van der Waals surface area contributed by atoms with Crippen molar-refractivity contribution in [1.82, 2.24) is 10.6 Å². The van der Waals surface area contributed by atoms with Crippen LogP contribution in [0.1, 0.15) is 47.0 Å². The molecule has 1 aliphatic rings. The highest BCUT2D eigenvalue weighted by Gasteiger charge is 2.21. The number of carbonyl (C=O) groups excluding carboxylic acids is 1. The van der Waals surface area contributed by atoms with Crippen molar-refractivity contribution in [1.29, 1.82) is 0 Å². The minimum Gasteiger partial charge on any atom is -0.324 e. The topological polar surface area (TPSA) is 41.1 Å². The van der Waals surface area contributed by atoms with Crippen LogP contribution >= 0.6 is 0 Å². The summed E-state index contributed by atoms with van der Waals surface area (Å²) in [6.07, 6.45) is 4.90. The Morgan fingerprint density at radius 1 is 1.32 bits per heavy atom. The number of allylic oxidation sites excluding steroid dienone is 3. The molecule has 0 aliphatic carbocycles. The summed E-state index contributed by atoms with van der Waals surface area (Å²) in [5, 5.41) is 6.17. The van der Waals surface area contributed by atoms with E-state index < -0.39 is 0 Å². The first-order valence-electron chi connectivity index (χ1n) is 7.09. The van der Waals surface area contributed by atoms with Gasteiger partial charge in [0.15, 0.2) is 0 Å². The first-order chi connectivity index (χ1) is 9.06. The molecule has 1 amide bonds. The first kappa shape index (κ1) is 17.6. The van der Waals surface area contributed by atoms with E-state index in [0.717, 1.165) is 42.7 Å². The Balaban J connectivity index is 0.00000154. The lowest BCUT2D eigenvalue weighted by atomic mass is 10.0. The van der Waals surface area contributed by atoms with E-state index in [-0.39, 0.29) is 11.9 Å². The number of piperidine rings is 1. The van der Waals surface area contributed by atoms with Crippen LogP contribution in [-0.4, -0.2) is 18.5 Å². The molecule has 0 unspecified atom stereocenters. The van der Waals surface area contributed by atoms with Crippen molar-refractivity contribution in [2.24, 2.45) is 0 Å². The Bertz CT molecular complexity index is 350.